The average Bonchev–Trinajstić information content (AvgIpc) is 2.62. The van der Waals surface area contributed by atoms with Crippen molar-refractivity contribution in [3.63, 3.8) is 0 Å². The molecule has 1 aromatic rings. The highest BCUT2D eigenvalue weighted by molar-refractivity contribution is 5.66. The molecule has 4 aliphatic carbocycles. The van der Waals surface area contributed by atoms with Crippen LogP contribution in [0, 0.1) is 41.4 Å². The van der Waals surface area contributed by atoms with Gasteiger partial charge in [0.1, 0.15) is 0 Å². The van der Waals surface area contributed by atoms with Gasteiger partial charge in [0.25, 0.3) is 0 Å². The largest absolute Gasteiger partial charge is 0.397 e. The summed E-state index contributed by atoms with van der Waals surface area (Å²) in [6, 6.07) is 8.95. The highest BCUT2D eigenvalue weighted by Crippen LogP contribution is 2.55. The van der Waals surface area contributed by atoms with Gasteiger partial charge in [0.15, 0.2) is 0 Å². The Morgan fingerprint density at radius 1 is 0.815 bits per heavy atom. The summed E-state index contributed by atoms with van der Waals surface area (Å²) in [5.74, 6) is 7.09. The molecule has 4 fully saturated rings. The quantitative estimate of drug-likeness (QED) is 0.613. The normalized spacial score (nSPS) is 43.9. The smallest absolute Gasteiger partial charge is 0.0576 e. The van der Waals surface area contributed by atoms with Crippen molar-refractivity contribution in [2.45, 2.75) is 77.2 Å². The summed E-state index contributed by atoms with van der Waals surface area (Å²) in [6.45, 7) is 2.50. The molecule has 27 heavy (non-hydrogen) atoms. The molecule has 0 aromatic heterocycles. The lowest BCUT2D eigenvalue weighted by Gasteiger charge is -2.53. The molecule has 3 N–H and O–H groups in total. The van der Waals surface area contributed by atoms with E-state index in [2.05, 4.69) is 24.4 Å². The zero-order valence-corrected chi connectivity index (χ0v) is 17.1. The first-order valence-electron chi connectivity index (χ1n) is 11.8. The predicted octanol–water partition coefficient (Wildman–Crippen LogP) is 6.34. The van der Waals surface area contributed by atoms with Gasteiger partial charge in [0.2, 0.25) is 0 Å². The van der Waals surface area contributed by atoms with E-state index >= 15 is 0 Å². The molecule has 4 bridgehead atoms. The van der Waals surface area contributed by atoms with Crippen LogP contribution in [-0.2, 0) is 0 Å². The van der Waals surface area contributed by atoms with E-state index in [1.807, 2.05) is 12.1 Å². The number of hydrogen-bond donors (Lipinski definition) is 2. The molecule has 0 heterocycles. The Balaban J connectivity index is 1.28. The number of anilines is 2. The van der Waals surface area contributed by atoms with Crippen molar-refractivity contribution in [2.24, 2.45) is 41.4 Å². The van der Waals surface area contributed by atoms with E-state index in [1.54, 1.807) is 19.3 Å². The van der Waals surface area contributed by atoms with Crippen LogP contribution < -0.4 is 11.1 Å². The van der Waals surface area contributed by atoms with Crippen molar-refractivity contribution in [2.75, 3.05) is 11.1 Å². The molecular formula is C25H38N2. The molecular weight excluding hydrogens is 328 g/mol. The van der Waals surface area contributed by atoms with Crippen LogP contribution in [0.2, 0.25) is 0 Å². The summed E-state index contributed by atoms with van der Waals surface area (Å²) in [5, 5.41) is 3.82. The third-order valence-electron chi connectivity index (χ3n) is 8.69. The van der Waals surface area contributed by atoms with Crippen LogP contribution >= 0.6 is 0 Å². The second kappa shape index (κ2) is 7.33. The molecule has 0 aliphatic heterocycles. The molecule has 4 saturated carbocycles. The van der Waals surface area contributed by atoms with Crippen LogP contribution in [0.15, 0.2) is 24.3 Å². The zero-order valence-electron chi connectivity index (χ0n) is 17.1. The first-order chi connectivity index (χ1) is 13.2. The Kier molecular flexibility index (Phi) is 4.86. The summed E-state index contributed by atoms with van der Waals surface area (Å²) < 4.78 is 0. The number of nitrogen functional groups attached to an aromatic ring is 1. The number of hydrogen-bond acceptors (Lipinski definition) is 2. The molecule has 0 radical (unpaired) electrons. The molecule has 0 amide bonds. The molecule has 4 aliphatic rings. The van der Waals surface area contributed by atoms with Crippen molar-refractivity contribution < 1.29 is 0 Å². The number of benzene rings is 1. The number of nitrogens with one attached hydrogen (secondary N) is 1. The van der Waals surface area contributed by atoms with Crippen LogP contribution in [0.1, 0.15) is 71.1 Å². The van der Waals surface area contributed by atoms with Gasteiger partial charge in [-0.2, -0.15) is 0 Å². The molecule has 8 atom stereocenters. The van der Waals surface area contributed by atoms with E-state index in [1.165, 1.54) is 44.9 Å². The molecule has 5 rings (SSSR count). The van der Waals surface area contributed by atoms with Crippen molar-refractivity contribution >= 4 is 11.4 Å². The van der Waals surface area contributed by atoms with Gasteiger partial charge >= 0.3 is 0 Å². The third-order valence-corrected chi connectivity index (χ3v) is 8.69. The molecule has 2 nitrogen and oxygen atoms in total. The summed E-state index contributed by atoms with van der Waals surface area (Å²) in [5.41, 5.74) is 8.25. The highest BCUT2D eigenvalue weighted by Gasteiger charge is 2.47. The first-order valence-corrected chi connectivity index (χ1v) is 11.8. The number of fused-ring (bicyclic) bond motifs is 4. The predicted molar refractivity (Wildman–Crippen MR) is 115 cm³/mol. The van der Waals surface area contributed by atoms with E-state index in [0.29, 0.717) is 6.04 Å². The van der Waals surface area contributed by atoms with E-state index in [9.17, 15) is 0 Å². The molecule has 0 saturated heterocycles. The third kappa shape index (κ3) is 3.61. The van der Waals surface area contributed by atoms with Crippen LogP contribution in [0.5, 0.6) is 0 Å². The molecule has 148 valence electrons. The van der Waals surface area contributed by atoms with Gasteiger partial charge in [-0.3, -0.25) is 0 Å². The summed E-state index contributed by atoms with van der Waals surface area (Å²) in [7, 11) is 0. The second-order valence-electron chi connectivity index (χ2n) is 10.7. The van der Waals surface area contributed by atoms with E-state index in [-0.39, 0.29) is 0 Å². The van der Waals surface area contributed by atoms with Gasteiger partial charge in [-0.25, -0.2) is 0 Å². The van der Waals surface area contributed by atoms with Gasteiger partial charge in [-0.05, 0) is 98.5 Å². The Labute approximate surface area is 165 Å². The number of rotatable bonds is 3. The summed E-state index contributed by atoms with van der Waals surface area (Å²) >= 11 is 0. The maximum absolute atomic E-state index is 6.20. The minimum atomic E-state index is 0.629. The summed E-state index contributed by atoms with van der Waals surface area (Å²) in [4.78, 5) is 0. The van der Waals surface area contributed by atoms with Gasteiger partial charge in [-0.1, -0.05) is 38.3 Å². The Hall–Kier alpha value is -1.18. The fourth-order valence-electron chi connectivity index (χ4n) is 8.07. The van der Waals surface area contributed by atoms with Crippen molar-refractivity contribution in [1.82, 2.24) is 0 Å². The van der Waals surface area contributed by atoms with E-state index < -0.39 is 0 Å². The second-order valence-corrected chi connectivity index (χ2v) is 10.7. The minimum Gasteiger partial charge on any atom is -0.397 e. The van der Waals surface area contributed by atoms with E-state index in [0.717, 1.165) is 52.8 Å². The topological polar surface area (TPSA) is 38.0 Å². The summed E-state index contributed by atoms with van der Waals surface area (Å²) in [6.07, 6.45) is 14.9. The van der Waals surface area contributed by atoms with Gasteiger partial charge in [0, 0.05) is 6.04 Å². The van der Waals surface area contributed by atoms with Crippen molar-refractivity contribution in [1.29, 1.82) is 0 Å². The Morgan fingerprint density at radius 3 is 2.15 bits per heavy atom. The highest BCUT2D eigenvalue weighted by atomic mass is 14.9. The monoisotopic (exact) mass is 366 g/mol. The SMILES string of the molecule is C[C@@H]1C[C@@H]2C[C@H](C1)C[C@@H](C1[C@@H]3CCC[C@H]1C[C@@H](Nc1ccccc1N)C3)C2. The first kappa shape index (κ1) is 17.9. The lowest BCUT2D eigenvalue weighted by Crippen LogP contribution is -2.46. The fraction of sp³-hybridized carbons (Fsp3) is 0.760. The van der Waals surface area contributed by atoms with E-state index in [4.69, 9.17) is 5.73 Å². The van der Waals surface area contributed by atoms with Crippen LogP contribution in [-0.4, -0.2) is 6.04 Å². The Bertz CT molecular complexity index is 623. The van der Waals surface area contributed by atoms with Crippen LogP contribution in [0.3, 0.4) is 0 Å². The number of para-hydroxylation sites is 2. The minimum absolute atomic E-state index is 0.629. The lowest BCUT2D eigenvalue weighted by atomic mass is 9.53. The Morgan fingerprint density at radius 2 is 1.48 bits per heavy atom. The van der Waals surface area contributed by atoms with Gasteiger partial charge in [-0.15, -0.1) is 0 Å². The maximum atomic E-state index is 6.20. The molecule has 2 heteroatoms. The van der Waals surface area contributed by atoms with Crippen LogP contribution in [0.4, 0.5) is 11.4 Å². The van der Waals surface area contributed by atoms with Gasteiger partial charge < -0.3 is 11.1 Å². The average molecular weight is 367 g/mol. The molecule has 0 spiro atoms. The lowest BCUT2D eigenvalue weighted by molar-refractivity contribution is -0.0143. The van der Waals surface area contributed by atoms with Crippen molar-refractivity contribution in [3.05, 3.63) is 24.3 Å². The van der Waals surface area contributed by atoms with Crippen LogP contribution in [0.25, 0.3) is 0 Å². The fourth-order valence-corrected chi connectivity index (χ4v) is 8.07. The standard InChI is InChI=1S/C25H38N2/c1-16-9-17-11-18(10-16)13-21(12-17)25-19-5-4-6-20(25)15-22(14-19)27-24-8-3-2-7-23(24)26/h2-3,7-8,16-22,25,27H,4-6,9-15,26H2,1H3/t16-,17-,18+,19-,20+,21+,22+,25?. The van der Waals surface area contributed by atoms with Crippen molar-refractivity contribution in [3.8, 4) is 0 Å². The zero-order chi connectivity index (χ0) is 18.4. The maximum Gasteiger partial charge on any atom is 0.0576 e. The van der Waals surface area contributed by atoms with Gasteiger partial charge in [0.05, 0.1) is 11.4 Å². The number of nitrogens with two attached hydrogens (primary N) is 1. The molecule has 1 aromatic carbocycles. The molecule has 1 unspecified atom stereocenters.